The van der Waals surface area contributed by atoms with E-state index < -0.39 is 16.4 Å². The van der Waals surface area contributed by atoms with Crippen molar-refractivity contribution >= 4 is 11.4 Å². The highest BCUT2D eigenvalue weighted by atomic mass is 19.1. The molecule has 104 valence electrons. The smallest absolute Gasteiger partial charge is 0.305 e. The molecule has 0 atom stereocenters. The Bertz CT molecular complexity index is 629. The average Bonchev–Trinajstić information content (AvgIpc) is 2.46. The van der Waals surface area contributed by atoms with Gasteiger partial charge < -0.3 is 5.32 Å². The molecule has 0 unspecified atom stereocenters. The fourth-order valence-corrected chi connectivity index (χ4v) is 1.94. The van der Waals surface area contributed by atoms with Gasteiger partial charge in [-0.15, -0.1) is 0 Å². The highest BCUT2D eigenvalue weighted by molar-refractivity contribution is 5.47. The van der Waals surface area contributed by atoms with Crippen LogP contribution in [0.15, 0.2) is 42.5 Å². The van der Waals surface area contributed by atoms with E-state index in [-0.39, 0.29) is 12.1 Å². The van der Waals surface area contributed by atoms with Gasteiger partial charge in [-0.05, 0) is 24.1 Å². The van der Waals surface area contributed by atoms with E-state index in [0.29, 0.717) is 0 Å². The number of nitrogens with zero attached hydrogens (tertiary/aromatic N) is 1. The van der Waals surface area contributed by atoms with Crippen molar-refractivity contribution in [2.45, 2.75) is 19.9 Å². The Labute approximate surface area is 116 Å². The molecule has 2 rings (SSSR count). The molecule has 0 aliphatic carbocycles. The topological polar surface area (TPSA) is 55.2 Å². The van der Waals surface area contributed by atoms with Gasteiger partial charge in [-0.3, -0.25) is 10.1 Å². The van der Waals surface area contributed by atoms with Crippen molar-refractivity contribution in [1.82, 2.24) is 0 Å². The molecule has 0 aliphatic rings. The number of aryl methyl sites for hydroxylation is 1. The molecule has 0 aromatic heterocycles. The Balaban J connectivity index is 2.14. The number of halogens is 1. The second kappa shape index (κ2) is 6.14. The first-order chi connectivity index (χ1) is 9.61. The number of nitrogens with one attached hydrogen (secondary N) is 1. The number of benzene rings is 2. The zero-order valence-corrected chi connectivity index (χ0v) is 11.1. The van der Waals surface area contributed by atoms with Gasteiger partial charge in [0.2, 0.25) is 5.82 Å². The van der Waals surface area contributed by atoms with Crippen LogP contribution in [0.4, 0.5) is 15.8 Å². The van der Waals surface area contributed by atoms with Gasteiger partial charge in [-0.1, -0.05) is 31.2 Å². The third-order valence-corrected chi connectivity index (χ3v) is 3.07. The van der Waals surface area contributed by atoms with Gasteiger partial charge in [0.15, 0.2) is 0 Å². The predicted molar refractivity (Wildman–Crippen MR) is 76.2 cm³/mol. The van der Waals surface area contributed by atoms with Crippen molar-refractivity contribution in [2.24, 2.45) is 0 Å². The molecule has 0 saturated heterocycles. The van der Waals surface area contributed by atoms with Gasteiger partial charge in [0.05, 0.1) is 4.92 Å². The molecule has 2 aromatic rings. The normalized spacial score (nSPS) is 10.3. The molecule has 0 heterocycles. The van der Waals surface area contributed by atoms with Gasteiger partial charge >= 0.3 is 5.69 Å². The molecule has 4 nitrogen and oxygen atoms in total. The number of nitro benzene ring substituents is 1. The molecule has 0 radical (unpaired) electrons. The summed E-state index contributed by atoms with van der Waals surface area (Å²) in [5, 5.41) is 13.8. The van der Waals surface area contributed by atoms with Crippen molar-refractivity contribution in [3.63, 3.8) is 0 Å². The summed E-state index contributed by atoms with van der Waals surface area (Å²) < 4.78 is 13.9. The molecule has 1 N–H and O–H groups in total. The van der Waals surface area contributed by atoms with Crippen LogP contribution in [0.25, 0.3) is 0 Å². The lowest BCUT2D eigenvalue weighted by Gasteiger charge is -2.08. The first-order valence-electron chi connectivity index (χ1n) is 6.36. The van der Waals surface area contributed by atoms with Gasteiger partial charge in [0.1, 0.15) is 0 Å². The van der Waals surface area contributed by atoms with Crippen LogP contribution in [0.1, 0.15) is 18.1 Å². The van der Waals surface area contributed by atoms with Crippen molar-refractivity contribution in [3.05, 3.63) is 69.5 Å². The molecule has 20 heavy (non-hydrogen) atoms. The molecular weight excluding hydrogens is 259 g/mol. The summed E-state index contributed by atoms with van der Waals surface area (Å²) in [5.41, 5.74) is 1.83. The number of anilines is 1. The molecule has 0 fully saturated rings. The third-order valence-electron chi connectivity index (χ3n) is 3.07. The second-order valence-corrected chi connectivity index (χ2v) is 4.41. The molecule has 0 bridgehead atoms. The van der Waals surface area contributed by atoms with E-state index in [4.69, 9.17) is 0 Å². The van der Waals surface area contributed by atoms with Crippen LogP contribution in [0, 0.1) is 15.9 Å². The molecule has 2 aromatic carbocycles. The Hall–Kier alpha value is -2.43. The van der Waals surface area contributed by atoms with E-state index in [2.05, 4.69) is 12.2 Å². The summed E-state index contributed by atoms with van der Waals surface area (Å²) in [6.45, 7) is 2.26. The van der Waals surface area contributed by atoms with E-state index in [1.165, 1.54) is 11.6 Å². The van der Waals surface area contributed by atoms with Crippen LogP contribution in [0.5, 0.6) is 0 Å². The maximum atomic E-state index is 13.9. The minimum Gasteiger partial charge on any atom is -0.381 e. The quantitative estimate of drug-likeness (QED) is 0.664. The second-order valence-electron chi connectivity index (χ2n) is 4.41. The summed E-state index contributed by atoms with van der Waals surface area (Å²) in [6.07, 6.45) is 0.917. The van der Waals surface area contributed by atoms with Crippen molar-refractivity contribution in [2.75, 3.05) is 5.32 Å². The monoisotopic (exact) mass is 274 g/mol. The molecule has 0 spiro atoms. The standard InChI is InChI=1S/C15H15FN2O2/c1-2-11-5-3-7-13(9-11)17-10-12-6-4-8-14(15(12)16)18(19)20/h3-9,17H,2,10H2,1H3. The van der Waals surface area contributed by atoms with Gasteiger partial charge in [-0.25, -0.2) is 0 Å². The Morgan fingerprint density at radius 1 is 1.25 bits per heavy atom. The fraction of sp³-hybridized carbons (Fsp3) is 0.200. The Morgan fingerprint density at radius 3 is 2.70 bits per heavy atom. The maximum absolute atomic E-state index is 13.9. The summed E-state index contributed by atoms with van der Waals surface area (Å²) >= 11 is 0. The van der Waals surface area contributed by atoms with Crippen molar-refractivity contribution in [1.29, 1.82) is 0 Å². The van der Waals surface area contributed by atoms with E-state index >= 15 is 0 Å². The minimum absolute atomic E-state index is 0.209. The zero-order valence-electron chi connectivity index (χ0n) is 11.1. The summed E-state index contributed by atoms with van der Waals surface area (Å²) in [7, 11) is 0. The number of nitro groups is 1. The zero-order chi connectivity index (χ0) is 14.5. The van der Waals surface area contributed by atoms with Gasteiger partial charge in [0, 0.05) is 23.9 Å². The lowest BCUT2D eigenvalue weighted by molar-refractivity contribution is -0.387. The van der Waals surface area contributed by atoms with Crippen LogP contribution < -0.4 is 5.32 Å². The maximum Gasteiger partial charge on any atom is 0.305 e. The molecule has 5 heteroatoms. The molecule has 0 saturated carbocycles. The Morgan fingerprint density at radius 2 is 2.00 bits per heavy atom. The van der Waals surface area contributed by atoms with Crippen LogP contribution in [0.2, 0.25) is 0 Å². The number of hydrogen-bond acceptors (Lipinski definition) is 3. The minimum atomic E-state index is -0.781. The van der Waals surface area contributed by atoms with Gasteiger partial charge in [0.25, 0.3) is 0 Å². The van der Waals surface area contributed by atoms with Crippen LogP contribution in [0.3, 0.4) is 0 Å². The van der Waals surface area contributed by atoms with Crippen molar-refractivity contribution in [3.8, 4) is 0 Å². The lowest BCUT2D eigenvalue weighted by Crippen LogP contribution is -2.04. The van der Waals surface area contributed by atoms with Crippen LogP contribution in [-0.2, 0) is 13.0 Å². The highest BCUT2D eigenvalue weighted by Crippen LogP contribution is 2.21. The molecule has 0 amide bonds. The summed E-state index contributed by atoms with van der Waals surface area (Å²) in [5.74, 6) is -0.781. The van der Waals surface area contributed by atoms with E-state index in [1.54, 1.807) is 6.07 Å². The van der Waals surface area contributed by atoms with Crippen molar-refractivity contribution < 1.29 is 9.31 Å². The molecule has 0 aliphatic heterocycles. The third kappa shape index (κ3) is 3.12. The predicted octanol–water partition coefficient (Wildman–Crippen LogP) is 3.91. The van der Waals surface area contributed by atoms with Crippen LogP contribution in [-0.4, -0.2) is 4.92 Å². The SMILES string of the molecule is CCc1cccc(NCc2cccc([N+](=O)[O-])c2F)c1. The summed E-state index contributed by atoms with van der Waals surface area (Å²) in [6, 6.07) is 12.0. The largest absolute Gasteiger partial charge is 0.381 e. The highest BCUT2D eigenvalue weighted by Gasteiger charge is 2.16. The summed E-state index contributed by atoms with van der Waals surface area (Å²) in [4.78, 5) is 9.97. The van der Waals surface area contributed by atoms with Gasteiger partial charge in [-0.2, -0.15) is 4.39 Å². The van der Waals surface area contributed by atoms with Crippen LogP contribution >= 0.6 is 0 Å². The van der Waals surface area contributed by atoms with E-state index in [1.807, 2.05) is 24.3 Å². The lowest BCUT2D eigenvalue weighted by atomic mass is 10.1. The average molecular weight is 274 g/mol. The number of rotatable bonds is 5. The first-order valence-corrected chi connectivity index (χ1v) is 6.36. The Kier molecular flexibility index (Phi) is 4.30. The first kappa shape index (κ1) is 14.0. The number of hydrogen-bond donors (Lipinski definition) is 1. The fourth-order valence-electron chi connectivity index (χ4n) is 1.94. The molecular formula is C15H15FN2O2. The van der Waals surface area contributed by atoms with E-state index in [0.717, 1.165) is 18.2 Å². The van der Waals surface area contributed by atoms with E-state index in [9.17, 15) is 14.5 Å².